The summed E-state index contributed by atoms with van der Waals surface area (Å²) in [4.78, 5) is 82.3. The lowest BCUT2D eigenvalue weighted by Crippen LogP contribution is -2.47. The van der Waals surface area contributed by atoms with Gasteiger partial charge in [0.25, 0.3) is 11.8 Å². The van der Waals surface area contributed by atoms with Crippen molar-refractivity contribution < 1.29 is 66.7 Å². The summed E-state index contributed by atoms with van der Waals surface area (Å²) in [5.41, 5.74) is 12.0. The molecule has 15 aromatic rings. The van der Waals surface area contributed by atoms with Crippen molar-refractivity contribution in [3.8, 4) is 57.5 Å². The van der Waals surface area contributed by atoms with Gasteiger partial charge in [-0.3, -0.25) is 24.0 Å². The van der Waals surface area contributed by atoms with Gasteiger partial charge >= 0.3 is 5.97 Å². The smallest absolute Gasteiger partial charge is 0.340 e. The maximum atomic E-state index is 14.2. The molecule has 0 aromatic heterocycles. The van der Waals surface area contributed by atoms with Gasteiger partial charge in [0.15, 0.2) is 23.0 Å². The van der Waals surface area contributed by atoms with Crippen LogP contribution in [0, 0.1) is 13.8 Å². The first-order valence-corrected chi connectivity index (χ1v) is 39.9. The molecule has 15 aromatic carbocycles. The monoisotopic (exact) mass is 1600 g/mol. The van der Waals surface area contributed by atoms with E-state index in [2.05, 4.69) is 5.32 Å². The Bertz CT molecular complexity index is 6460. The third-order valence-corrected chi connectivity index (χ3v) is 22.8. The molecule has 19 rings (SSSR count). The predicted molar refractivity (Wildman–Crippen MR) is 463 cm³/mol. The molecule has 4 atom stereocenters. The van der Waals surface area contributed by atoms with Crippen molar-refractivity contribution >= 4 is 35.1 Å². The Morgan fingerprint density at radius 3 is 0.975 bits per heavy atom. The highest BCUT2D eigenvalue weighted by atomic mass is 16.6. The number of amides is 2. The fraction of sp³-hybridized carbons (Fsp3) is 0.0943. The van der Waals surface area contributed by atoms with Gasteiger partial charge in [-0.2, -0.15) is 0 Å². The molecule has 0 saturated carbocycles. The van der Waals surface area contributed by atoms with Crippen LogP contribution in [0.15, 0.2) is 364 Å². The number of rotatable bonds is 24. The van der Waals surface area contributed by atoms with E-state index < -0.39 is 16.7 Å². The van der Waals surface area contributed by atoms with Crippen molar-refractivity contribution in [2.75, 3.05) is 27.4 Å². The van der Waals surface area contributed by atoms with E-state index in [0.29, 0.717) is 115 Å². The van der Waals surface area contributed by atoms with Gasteiger partial charge in [0, 0.05) is 61.2 Å². The molecule has 1 saturated heterocycles. The topological polar surface area (TPSA) is 195 Å². The van der Waals surface area contributed by atoms with Gasteiger partial charge in [0.1, 0.15) is 68.6 Å². The second-order valence-corrected chi connectivity index (χ2v) is 30.3. The molecule has 0 spiro atoms. The van der Waals surface area contributed by atoms with E-state index in [-0.39, 0.29) is 41.2 Å². The first kappa shape index (κ1) is 77.7. The average molecular weight is 1600 g/mol. The predicted octanol–water partition coefficient (Wildman–Crippen LogP) is 21.5. The largest absolute Gasteiger partial charge is 0.497 e. The van der Waals surface area contributed by atoms with Crippen molar-refractivity contribution in [2.24, 2.45) is 0 Å². The Balaban J connectivity index is 0.000000212. The Labute approximate surface area is 704 Å². The van der Waals surface area contributed by atoms with Crippen LogP contribution in [0.5, 0.6) is 57.5 Å². The number of aryl methyl sites for hydroxylation is 2. The van der Waals surface area contributed by atoms with Gasteiger partial charge in [0.05, 0.1) is 39.0 Å². The van der Waals surface area contributed by atoms with Crippen molar-refractivity contribution in [1.29, 1.82) is 0 Å². The molecule has 122 heavy (non-hydrogen) atoms. The number of esters is 1. The van der Waals surface area contributed by atoms with Crippen LogP contribution in [0.1, 0.15) is 140 Å². The number of hydrogen-bond acceptors (Lipinski definition) is 14. The fourth-order valence-electron chi connectivity index (χ4n) is 16.4. The Kier molecular flexibility index (Phi) is 20.9. The minimum atomic E-state index is -1.10. The standard InChI is InChI=1S/C71H52N2O9.C35H26O5/c1-45-11-13-46(14-12-45)66(74)47-15-29-55(30-16-47)80-58-37-21-50(22-38-58)70(64-9-5-3-7-62(64)68(76)72-70)51-23-39-59(40-24-51)81-56-31-17-48(18-32-56)67(75)49-19-33-57(34-20-49)82-60-41-27-53(28-42-60)71(52-25-35-54(78-2)36-26-52)65-10-6-4-8-63(65)69(77)73(71)43-61-44-79-61;1-23-7-9-24(10-8-23)33(36)25-11-17-29(18-12-25)39-30-21-15-27(16-22-30)35(26-13-19-28(38-2)20-14-26)32-6-4-3-5-31(32)34(37)40-35/h3-42,61H,43-44H2,1-2H3,(H,72,76);3-22H,1-2H3. The number of hydrogen-bond donors (Lipinski definition) is 1. The number of ketones is 3. The van der Waals surface area contributed by atoms with Gasteiger partial charge in [-0.25, -0.2) is 4.79 Å². The molecule has 16 heteroatoms. The SMILES string of the molecule is COc1ccc(C2(c3ccc(Oc4ccc(C(=O)c5ccc(C)cc5)cc4)cc3)OC(=O)c3ccccc32)cc1.COc1ccc(C2(c3ccc(Oc4ccc(C(=O)c5ccc(Oc6ccc(C7(c8ccc(Oc9ccc(C(=O)c%10ccc(C)cc%10)cc9)cc8)NC(=O)c8ccccc87)cc6)cc5)cc4)cc3)c3ccccc3C(=O)N2CC2CO2)cc1. The van der Waals surface area contributed by atoms with E-state index in [1.807, 2.05) is 280 Å². The number of fused-ring (bicyclic) bond motifs is 3. The normalized spacial score (nSPS) is 16.9. The molecule has 4 aliphatic heterocycles. The second kappa shape index (κ2) is 32.8. The first-order chi connectivity index (χ1) is 59.5. The van der Waals surface area contributed by atoms with Crippen LogP contribution in [-0.4, -0.2) is 73.5 Å². The van der Waals surface area contributed by atoms with Crippen LogP contribution in [0.3, 0.4) is 0 Å². The molecule has 4 unspecified atom stereocenters. The van der Waals surface area contributed by atoms with E-state index >= 15 is 0 Å². The third kappa shape index (κ3) is 14.8. The summed E-state index contributed by atoms with van der Waals surface area (Å²) in [6.07, 6.45) is -0.0360. The number of nitrogens with zero attached hydrogens (tertiary/aromatic N) is 1. The van der Waals surface area contributed by atoms with Crippen LogP contribution >= 0.6 is 0 Å². The van der Waals surface area contributed by atoms with Gasteiger partial charge in [-0.05, 0) is 235 Å². The van der Waals surface area contributed by atoms with Crippen molar-refractivity contribution in [2.45, 2.75) is 36.6 Å². The number of carbonyl (C=O) groups excluding carboxylic acids is 6. The minimum Gasteiger partial charge on any atom is -0.497 e. The molecule has 0 aliphatic carbocycles. The summed E-state index contributed by atoms with van der Waals surface area (Å²) in [5.74, 6) is 5.22. The lowest BCUT2D eigenvalue weighted by Gasteiger charge is -2.40. The van der Waals surface area contributed by atoms with Crippen LogP contribution in [0.25, 0.3) is 0 Å². The van der Waals surface area contributed by atoms with E-state index in [0.717, 1.165) is 66.9 Å². The molecule has 1 fully saturated rings. The summed E-state index contributed by atoms with van der Waals surface area (Å²) in [7, 11) is 3.25. The minimum absolute atomic E-state index is 0.0360. The highest BCUT2D eigenvalue weighted by Gasteiger charge is 2.54. The van der Waals surface area contributed by atoms with Gasteiger partial charge in [0.2, 0.25) is 0 Å². The number of cyclic esters (lactones) is 1. The van der Waals surface area contributed by atoms with Crippen molar-refractivity contribution in [3.63, 3.8) is 0 Å². The number of methoxy groups -OCH3 is 2. The molecular weight excluding hydrogens is 1530 g/mol. The van der Waals surface area contributed by atoms with Gasteiger partial charge in [-0.15, -0.1) is 0 Å². The quantitative estimate of drug-likeness (QED) is 0.0341. The molecule has 2 amide bonds. The van der Waals surface area contributed by atoms with Gasteiger partial charge in [-0.1, -0.05) is 187 Å². The lowest BCUT2D eigenvalue weighted by atomic mass is 9.77. The van der Waals surface area contributed by atoms with Crippen LogP contribution < -0.4 is 33.7 Å². The zero-order valence-electron chi connectivity index (χ0n) is 66.8. The third-order valence-electron chi connectivity index (χ3n) is 22.8. The molecule has 1 N–H and O–H groups in total. The lowest BCUT2D eigenvalue weighted by molar-refractivity contribution is 0.0250. The van der Waals surface area contributed by atoms with E-state index in [1.54, 1.807) is 117 Å². The van der Waals surface area contributed by atoms with E-state index in [4.69, 9.17) is 37.9 Å². The molecule has 0 radical (unpaired) electrons. The summed E-state index contributed by atoms with van der Waals surface area (Å²) in [6, 6.07) is 112. The van der Waals surface area contributed by atoms with Crippen molar-refractivity contribution in [1.82, 2.24) is 10.2 Å². The number of epoxide rings is 1. The molecule has 0 bridgehead atoms. The zero-order chi connectivity index (χ0) is 83.6. The van der Waals surface area contributed by atoms with Crippen LogP contribution in [0.2, 0.25) is 0 Å². The molecule has 16 nitrogen and oxygen atoms in total. The fourth-order valence-corrected chi connectivity index (χ4v) is 16.4. The molecule has 596 valence electrons. The van der Waals surface area contributed by atoms with Crippen LogP contribution in [0.4, 0.5) is 0 Å². The van der Waals surface area contributed by atoms with Gasteiger partial charge < -0.3 is 48.1 Å². The van der Waals surface area contributed by atoms with Crippen LogP contribution in [-0.2, 0) is 26.2 Å². The molecular formula is C106H78N2O14. The number of carbonyl (C=O) groups is 6. The summed E-state index contributed by atoms with van der Waals surface area (Å²) < 4.78 is 47.6. The summed E-state index contributed by atoms with van der Waals surface area (Å²) in [6.45, 7) is 5.02. The first-order valence-electron chi connectivity index (χ1n) is 39.9. The molecule has 4 heterocycles. The van der Waals surface area contributed by atoms with E-state index in [9.17, 15) is 28.8 Å². The zero-order valence-corrected chi connectivity index (χ0v) is 66.8. The maximum Gasteiger partial charge on any atom is 0.340 e. The summed E-state index contributed by atoms with van der Waals surface area (Å²) >= 11 is 0. The summed E-state index contributed by atoms with van der Waals surface area (Å²) in [5, 5.41) is 3.30. The maximum absolute atomic E-state index is 14.2. The number of ether oxygens (including phenoxy) is 8. The highest BCUT2D eigenvalue weighted by Crippen LogP contribution is 2.52. The Morgan fingerprint density at radius 2 is 0.623 bits per heavy atom. The number of nitrogens with one attached hydrogen (secondary N) is 1. The van der Waals surface area contributed by atoms with Crippen molar-refractivity contribution in [3.05, 3.63) is 475 Å². The highest BCUT2D eigenvalue weighted by molar-refractivity contribution is 6.11. The average Bonchev–Trinajstić information content (AvgIpc) is 1.30. The molecule has 4 aliphatic rings. The number of benzene rings is 15. The Morgan fingerprint density at radius 1 is 0.336 bits per heavy atom. The van der Waals surface area contributed by atoms with E-state index in [1.165, 1.54) is 0 Å². The Hall–Kier alpha value is -15.5. The second-order valence-electron chi connectivity index (χ2n) is 30.3.